The minimum atomic E-state index is -0.702. The topological polar surface area (TPSA) is 71.4 Å². The Labute approximate surface area is 176 Å². The second-order valence-corrected chi connectivity index (χ2v) is 7.55. The van der Waals surface area contributed by atoms with Gasteiger partial charge in [0.2, 0.25) is 0 Å². The van der Waals surface area contributed by atoms with Crippen LogP contribution < -0.4 is 4.90 Å². The second-order valence-electron chi connectivity index (χ2n) is 7.55. The molecular weight excluding hydrogens is 382 g/mol. The molecule has 0 N–H and O–H groups in total. The number of nitrogens with zero attached hydrogens (tertiary/aromatic N) is 3. The number of methoxy groups -OCH3 is 1. The number of ether oxygens (including phenoxy) is 1. The first-order chi connectivity index (χ1) is 14.4. The number of oxime groups is 1. The summed E-state index contributed by atoms with van der Waals surface area (Å²) in [6.07, 6.45) is 6.88. The Balaban J connectivity index is 2.11. The summed E-state index contributed by atoms with van der Waals surface area (Å²) in [7, 11) is 4.20. The Morgan fingerprint density at radius 1 is 1.23 bits per heavy atom. The first-order valence-electron chi connectivity index (χ1n) is 9.87. The average Bonchev–Trinajstić information content (AvgIpc) is 2.97. The molecule has 0 aliphatic carbocycles. The van der Waals surface area contributed by atoms with Crippen LogP contribution in [0.5, 0.6) is 0 Å². The van der Waals surface area contributed by atoms with Crippen molar-refractivity contribution in [2.24, 2.45) is 11.1 Å². The standard InChI is InChI=1S/C23H27N3O4/c1-15(2)10-12-26-13-11-16(17-8-6-7-9-19(17)26)14-18-20(23(28)29-4)22(27)25(3)21(18)24-30-5/h6-9,11,13-15H,10,12H2,1-5H3/b16-14+,24-21-. The number of fused-ring (bicyclic) bond motifs is 1. The van der Waals surface area contributed by atoms with Gasteiger partial charge in [-0.2, -0.15) is 0 Å². The van der Waals surface area contributed by atoms with Crippen molar-refractivity contribution in [1.82, 2.24) is 4.90 Å². The molecule has 7 nitrogen and oxygen atoms in total. The van der Waals surface area contributed by atoms with Crippen molar-refractivity contribution >= 4 is 29.0 Å². The molecule has 1 amide bonds. The predicted octanol–water partition coefficient (Wildman–Crippen LogP) is 3.35. The summed E-state index contributed by atoms with van der Waals surface area (Å²) in [5.41, 5.74) is 3.28. The minimum absolute atomic E-state index is 0.0589. The number of rotatable bonds is 6. The van der Waals surface area contributed by atoms with Crippen molar-refractivity contribution in [3.63, 3.8) is 0 Å². The lowest BCUT2D eigenvalue weighted by molar-refractivity contribution is -0.138. The molecule has 158 valence electrons. The van der Waals surface area contributed by atoms with Gasteiger partial charge in [0.05, 0.1) is 7.11 Å². The fourth-order valence-corrected chi connectivity index (χ4v) is 3.49. The Kier molecular flexibility index (Phi) is 6.40. The molecule has 1 aromatic carbocycles. The number of amides is 1. The molecule has 0 fully saturated rings. The van der Waals surface area contributed by atoms with Crippen molar-refractivity contribution in [3.8, 4) is 0 Å². The maximum Gasteiger partial charge on any atom is 0.344 e. The summed E-state index contributed by atoms with van der Waals surface area (Å²) >= 11 is 0. The summed E-state index contributed by atoms with van der Waals surface area (Å²) < 4.78 is 4.84. The molecular formula is C23H27N3O4. The second kappa shape index (κ2) is 8.98. The lowest BCUT2D eigenvalue weighted by Gasteiger charge is -2.28. The number of benzene rings is 1. The van der Waals surface area contributed by atoms with Gasteiger partial charge in [0.25, 0.3) is 5.91 Å². The largest absolute Gasteiger partial charge is 0.465 e. The van der Waals surface area contributed by atoms with Crippen LogP contribution in [0, 0.1) is 5.92 Å². The molecule has 7 heteroatoms. The van der Waals surface area contributed by atoms with Gasteiger partial charge in [0.1, 0.15) is 12.7 Å². The van der Waals surface area contributed by atoms with E-state index in [1.807, 2.05) is 30.5 Å². The zero-order chi connectivity index (χ0) is 21.8. The van der Waals surface area contributed by atoms with Gasteiger partial charge in [0.15, 0.2) is 5.84 Å². The third-order valence-corrected chi connectivity index (χ3v) is 5.12. The predicted molar refractivity (Wildman–Crippen MR) is 117 cm³/mol. The molecule has 0 atom stereocenters. The fraction of sp³-hybridized carbons (Fsp3) is 0.348. The van der Waals surface area contributed by atoms with E-state index < -0.39 is 11.9 Å². The first-order valence-corrected chi connectivity index (χ1v) is 9.87. The molecule has 0 radical (unpaired) electrons. The number of carbonyl (C=O) groups is 2. The van der Waals surface area contributed by atoms with E-state index in [0.717, 1.165) is 29.8 Å². The number of hydrogen-bond donors (Lipinski definition) is 0. The van der Waals surface area contributed by atoms with Gasteiger partial charge >= 0.3 is 5.97 Å². The van der Waals surface area contributed by atoms with Crippen LogP contribution in [0.15, 0.2) is 58.9 Å². The van der Waals surface area contributed by atoms with E-state index in [-0.39, 0.29) is 11.4 Å². The molecule has 0 saturated carbocycles. The van der Waals surface area contributed by atoms with Gasteiger partial charge in [-0.15, -0.1) is 0 Å². The molecule has 0 unspecified atom stereocenters. The van der Waals surface area contributed by atoms with Gasteiger partial charge in [-0.05, 0) is 36.1 Å². The van der Waals surface area contributed by atoms with Crippen LogP contribution in [0.25, 0.3) is 5.57 Å². The highest BCUT2D eigenvalue weighted by atomic mass is 16.6. The molecule has 30 heavy (non-hydrogen) atoms. The van der Waals surface area contributed by atoms with Gasteiger partial charge in [-0.3, -0.25) is 9.69 Å². The van der Waals surface area contributed by atoms with Gasteiger partial charge < -0.3 is 14.5 Å². The summed E-state index contributed by atoms with van der Waals surface area (Å²) in [6.45, 7) is 5.32. The van der Waals surface area contributed by atoms with E-state index in [1.54, 1.807) is 13.1 Å². The highest BCUT2D eigenvalue weighted by Gasteiger charge is 2.38. The molecule has 2 aliphatic heterocycles. The van der Waals surface area contributed by atoms with Gasteiger partial charge in [-0.25, -0.2) is 4.79 Å². The highest BCUT2D eigenvalue weighted by Crippen LogP contribution is 2.35. The van der Waals surface area contributed by atoms with Crippen LogP contribution >= 0.6 is 0 Å². The van der Waals surface area contributed by atoms with Crippen LogP contribution in [0.4, 0.5) is 5.69 Å². The summed E-state index contributed by atoms with van der Waals surface area (Å²) in [5.74, 6) is -0.311. The smallest absolute Gasteiger partial charge is 0.344 e. The number of carbonyl (C=O) groups excluding carboxylic acids is 2. The fourth-order valence-electron chi connectivity index (χ4n) is 3.49. The van der Waals surface area contributed by atoms with Crippen molar-refractivity contribution < 1.29 is 19.2 Å². The molecule has 0 saturated heterocycles. The summed E-state index contributed by atoms with van der Waals surface area (Å²) in [4.78, 5) is 33.4. The minimum Gasteiger partial charge on any atom is -0.465 e. The number of esters is 1. The summed E-state index contributed by atoms with van der Waals surface area (Å²) in [6, 6.07) is 8.07. The SMILES string of the molecule is CO/N=C1/C(/C=C2\C=CN(CCC(C)C)c3ccccc32)=C(C(=O)OC)C(=O)N1C. The van der Waals surface area contributed by atoms with E-state index in [1.165, 1.54) is 19.1 Å². The maximum atomic E-state index is 12.7. The van der Waals surface area contributed by atoms with Crippen LogP contribution in [0.2, 0.25) is 0 Å². The number of allylic oxidation sites excluding steroid dienone is 2. The molecule has 3 rings (SSSR count). The van der Waals surface area contributed by atoms with Gasteiger partial charge in [0, 0.05) is 36.6 Å². The Hall–Kier alpha value is -3.35. The van der Waals surface area contributed by atoms with E-state index in [4.69, 9.17) is 9.57 Å². The number of amidine groups is 1. The van der Waals surface area contributed by atoms with E-state index in [9.17, 15) is 9.59 Å². The van der Waals surface area contributed by atoms with Crippen molar-refractivity contribution in [1.29, 1.82) is 0 Å². The van der Waals surface area contributed by atoms with Gasteiger partial charge in [-0.1, -0.05) is 37.2 Å². The average molecular weight is 409 g/mol. The number of hydrogen-bond acceptors (Lipinski definition) is 6. The van der Waals surface area contributed by atoms with Crippen LogP contribution in [0.1, 0.15) is 25.8 Å². The number of para-hydroxylation sites is 1. The van der Waals surface area contributed by atoms with E-state index in [0.29, 0.717) is 11.5 Å². The lowest BCUT2D eigenvalue weighted by Crippen LogP contribution is -2.28. The van der Waals surface area contributed by atoms with Crippen LogP contribution in [-0.4, -0.2) is 50.4 Å². The maximum absolute atomic E-state index is 12.7. The molecule has 0 spiro atoms. The monoisotopic (exact) mass is 409 g/mol. The van der Waals surface area contributed by atoms with Crippen LogP contribution in [0.3, 0.4) is 0 Å². The lowest BCUT2D eigenvalue weighted by atomic mass is 9.96. The molecule has 0 aromatic heterocycles. The Bertz CT molecular complexity index is 972. The Morgan fingerprint density at radius 2 is 1.97 bits per heavy atom. The quantitative estimate of drug-likeness (QED) is 0.409. The van der Waals surface area contributed by atoms with Crippen molar-refractivity contribution in [2.75, 3.05) is 32.7 Å². The molecule has 1 aromatic rings. The first kappa shape index (κ1) is 21.4. The van der Waals surface area contributed by atoms with Crippen LogP contribution in [-0.2, 0) is 19.2 Å². The van der Waals surface area contributed by atoms with Crippen molar-refractivity contribution in [3.05, 3.63) is 59.3 Å². The normalized spacial score (nSPS) is 18.7. The number of likely N-dealkylation sites (N-methyl/N-ethyl adjacent to an activating group) is 1. The zero-order valence-corrected chi connectivity index (χ0v) is 18.0. The van der Waals surface area contributed by atoms with Crippen molar-refractivity contribution in [2.45, 2.75) is 20.3 Å². The summed E-state index contributed by atoms with van der Waals surface area (Å²) in [5, 5.41) is 3.97. The highest BCUT2D eigenvalue weighted by molar-refractivity contribution is 6.33. The molecule has 2 aliphatic rings. The third-order valence-electron chi connectivity index (χ3n) is 5.12. The molecule has 2 heterocycles. The van der Waals surface area contributed by atoms with E-state index in [2.05, 4.69) is 30.0 Å². The number of anilines is 1. The Morgan fingerprint density at radius 3 is 2.63 bits per heavy atom. The molecule has 0 bridgehead atoms. The zero-order valence-electron chi connectivity index (χ0n) is 18.0. The third kappa shape index (κ3) is 4.01. The van der Waals surface area contributed by atoms with E-state index >= 15 is 0 Å².